The van der Waals surface area contributed by atoms with Gasteiger partial charge in [0.15, 0.2) is 0 Å². The lowest BCUT2D eigenvalue weighted by atomic mass is 10.0. The molecule has 5 heteroatoms. The molecule has 1 aromatic rings. The van der Waals surface area contributed by atoms with Crippen molar-refractivity contribution in [3.8, 4) is 0 Å². The number of aliphatic hydroxyl groups excluding tert-OH is 1. The van der Waals surface area contributed by atoms with E-state index in [1.165, 1.54) is 11.3 Å². The fraction of sp³-hybridized carbons (Fsp3) is 0.625. The fourth-order valence-electron chi connectivity index (χ4n) is 1.41. The second-order valence-electron chi connectivity index (χ2n) is 3.07. The molecule has 0 spiro atoms. The summed E-state index contributed by atoms with van der Waals surface area (Å²) < 4.78 is 5.81. The lowest BCUT2D eigenvalue weighted by molar-refractivity contribution is 0.0916. The molecule has 1 N–H and O–H groups in total. The van der Waals surface area contributed by atoms with Crippen LogP contribution in [-0.2, 0) is 4.74 Å². The van der Waals surface area contributed by atoms with Crippen LogP contribution in [0.25, 0.3) is 0 Å². The van der Waals surface area contributed by atoms with E-state index in [2.05, 4.69) is 4.98 Å². The van der Waals surface area contributed by atoms with Gasteiger partial charge < -0.3 is 9.84 Å². The average molecular weight is 220 g/mol. The maximum Gasteiger partial charge on any atom is 0.123 e. The van der Waals surface area contributed by atoms with Crippen molar-refractivity contribution in [2.75, 3.05) is 13.2 Å². The highest BCUT2D eigenvalue weighted by Gasteiger charge is 2.27. The number of hydrogen-bond donors (Lipinski definition) is 1. The first-order chi connectivity index (χ1) is 6.27. The van der Waals surface area contributed by atoms with Gasteiger partial charge in [-0.25, -0.2) is 4.98 Å². The first-order valence-electron chi connectivity index (χ1n) is 4.14. The Morgan fingerprint density at radius 2 is 2.62 bits per heavy atom. The Labute approximate surface area is 85.3 Å². The number of ether oxygens (including phenoxy) is 1. The molecule has 1 aromatic heterocycles. The summed E-state index contributed by atoms with van der Waals surface area (Å²) in [5, 5.41) is 10.5. The highest BCUT2D eigenvalue weighted by Crippen LogP contribution is 2.32. The molecule has 13 heavy (non-hydrogen) atoms. The van der Waals surface area contributed by atoms with Crippen molar-refractivity contribution in [1.29, 1.82) is 0 Å². The molecule has 1 saturated heterocycles. The van der Waals surface area contributed by atoms with Gasteiger partial charge in [-0.15, -0.1) is 11.3 Å². The second-order valence-corrected chi connectivity index (χ2v) is 4.76. The van der Waals surface area contributed by atoms with E-state index < -0.39 is 6.10 Å². The van der Waals surface area contributed by atoms with Gasteiger partial charge in [-0.05, 0) is 6.42 Å². The molecule has 0 bridgehead atoms. The van der Waals surface area contributed by atoms with Crippen LogP contribution in [0, 0.1) is 5.92 Å². The Morgan fingerprint density at radius 1 is 1.77 bits per heavy atom. The molecule has 2 unspecified atom stereocenters. The van der Waals surface area contributed by atoms with Crippen LogP contribution < -0.4 is 0 Å². The highest BCUT2D eigenvalue weighted by atomic mass is 35.5. The van der Waals surface area contributed by atoms with Crippen molar-refractivity contribution in [2.24, 2.45) is 5.92 Å². The van der Waals surface area contributed by atoms with Crippen LogP contribution in [0.1, 0.15) is 17.5 Å². The van der Waals surface area contributed by atoms with Crippen LogP contribution in [-0.4, -0.2) is 23.3 Å². The van der Waals surface area contributed by atoms with E-state index in [1.807, 2.05) is 0 Å². The van der Waals surface area contributed by atoms with Crippen molar-refractivity contribution >= 4 is 22.9 Å². The minimum absolute atomic E-state index is 0.183. The maximum atomic E-state index is 9.84. The van der Waals surface area contributed by atoms with Gasteiger partial charge in [0, 0.05) is 12.5 Å². The monoisotopic (exact) mass is 219 g/mol. The van der Waals surface area contributed by atoms with Gasteiger partial charge in [-0.3, -0.25) is 0 Å². The molecular formula is C8H10ClNO2S. The molecule has 1 aliphatic rings. The third-order valence-electron chi connectivity index (χ3n) is 2.16. The van der Waals surface area contributed by atoms with E-state index in [1.54, 1.807) is 6.20 Å². The van der Waals surface area contributed by atoms with Crippen molar-refractivity contribution < 1.29 is 9.84 Å². The number of thiazole rings is 1. The normalized spacial score (nSPS) is 24.9. The second kappa shape index (κ2) is 3.92. The number of nitrogens with zero attached hydrogens (tertiary/aromatic N) is 1. The molecule has 3 nitrogen and oxygen atoms in total. The van der Waals surface area contributed by atoms with Crippen LogP contribution in [0.15, 0.2) is 6.20 Å². The molecule has 0 radical (unpaired) electrons. The van der Waals surface area contributed by atoms with Crippen LogP contribution in [0.5, 0.6) is 0 Å². The van der Waals surface area contributed by atoms with Gasteiger partial charge in [0.25, 0.3) is 0 Å². The smallest absolute Gasteiger partial charge is 0.123 e. The van der Waals surface area contributed by atoms with Gasteiger partial charge in [0.1, 0.15) is 15.4 Å². The summed E-state index contributed by atoms with van der Waals surface area (Å²) in [5.74, 6) is 0.183. The Balaban J connectivity index is 2.07. The van der Waals surface area contributed by atoms with E-state index in [4.69, 9.17) is 16.3 Å². The molecule has 2 rings (SSSR count). The van der Waals surface area contributed by atoms with Gasteiger partial charge >= 0.3 is 0 Å². The largest absolute Gasteiger partial charge is 0.386 e. The van der Waals surface area contributed by atoms with Crippen molar-refractivity contribution in [1.82, 2.24) is 4.98 Å². The molecule has 0 amide bonds. The molecule has 2 heterocycles. The Morgan fingerprint density at radius 3 is 3.15 bits per heavy atom. The number of aliphatic hydroxyl groups is 1. The lowest BCUT2D eigenvalue weighted by Crippen LogP contribution is -2.11. The number of hydrogen-bond acceptors (Lipinski definition) is 4. The highest BCUT2D eigenvalue weighted by molar-refractivity contribution is 7.15. The number of rotatable bonds is 2. The zero-order chi connectivity index (χ0) is 9.26. The zero-order valence-electron chi connectivity index (χ0n) is 6.94. The van der Waals surface area contributed by atoms with Gasteiger partial charge in [-0.1, -0.05) is 11.6 Å². The topological polar surface area (TPSA) is 42.4 Å². The predicted octanol–water partition coefficient (Wildman–Crippen LogP) is 1.87. The van der Waals surface area contributed by atoms with Gasteiger partial charge in [-0.2, -0.15) is 0 Å². The SMILES string of the molecule is OC(c1ncc(Cl)s1)C1CCOC1. The third-order valence-corrected chi connectivity index (χ3v) is 3.35. The zero-order valence-corrected chi connectivity index (χ0v) is 8.51. The van der Waals surface area contributed by atoms with E-state index in [0.29, 0.717) is 16.0 Å². The molecule has 1 fully saturated rings. The Bertz CT molecular complexity index is 285. The fourth-order valence-corrected chi connectivity index (χ4v) is 2.42. The molecule has 2 atom stereocenters. The first-order valence-corrected chi connectivity index (χ1v) is 5.34. The van der Waals surface area contributed by atoms with Crippen LogP contribution >= 0.6 is 22.9 Å². The van der Waals surface area contributed by atoms with Gasteiger partial charge in [0.05, 0.1) is 12.8 Å². The van der Waals surface area contributed by atoms with Gasteiger partial charge in [0.2, 0.25) is 0 Å². The van der Waals surface area contributed by atoms with Crippen molar-refractivity contribution in [2.45, 2.75) is 12.5 Å². The van der Waals surface area contributed by atoms with Crippen molar-refractivity contribution in [3.63, 3.8) is 0 Å². The maximum absolute atomic E-state index is 9.84. The number of aromatic nitrogens is 1. The summed E-state index contributed by atoms with van der Waals surface area (Å²) in [7, 11) is 0. The Hall–Kier alpha value is -0.160. The summed E-state index contributed by atoms with van der Waals surface area (Å²) in [6, 6.07) is 0. The average Bonchev–Trinajstić information content (AvgIpc) is 2.72. The van der Waals surface area contributed by atoms with Crippen LogP contribution in [0.2, 0.25) is 4.34 Å². The third kappa shape index (κ3) is 2.02. The predicted molar refractivity (Wildman–Crippen MR) is 51.0 cm³/mol. The number of halogens is 1. The summed E-state index contributed by atoms with van der Waals surface area (Å²) in [6.45, 7) is 1.36. The Kier molecular flexibility index (Phi) is 2.83. The summed E-state index contributed by atoms with van der Waals surface area (Å²) >= 11 is 7.06. The van der Waals surface area contributed by atoms with E-state index in [-0.39, 0.29) is 5.92 Å². The van der Waals surface area contributed by atoms with E-state index in [0.717, 1.165) is 13.0 Å². The standard InChI is InChI=1S/C8H10ClNO2S/c9-6-3-10-8(13-6)7(11)5-1-2-12-4-5/h3,5,7,11H,1-2,4H2. The lowest BCUT2D eigenvalue weighted by Gasteiger charge is -2.12. The quantitative estimate of drug-likeness (QED) is 0.826. The summed E-state index contributed by atoms with van der Waals surface area (Å²) in [6.07, 6.45) is 1.96. The summed E-state index contributed by atoms with van der Waals surface area (Å²) in [4.78, 5) is 4.04. The molecule has 1 aliphatic heterocycles. The minimum atomic E-state index is -0.514. The van der Waals surface area contributed by atoms with Crippen LogP contribution in [0.4, 0.5) is 0 Å². The molecule has 0 aromatic carbocycles. The van der Waals surface area contributed by atoms with E-state index >= 15 is 0 Å². The molecule has 72 valence electrons. The van der Waals surface area contributed by atoms with E-state index in [9.17, 15) is 5.11 Å². The molecule has 0 saturated carbocycles. The molecule has 0 aliphatic carbocycles. The summed E-state index contributed by atoms with van der Waals surface area (Å²) in [5.41, 5.74) is 0. The minimum Gasteiger partial charge on any atom is -0.386 e. The first kappa shape index (κ1) is 9.40. The molecular weight excluding hydrogens is 210 g/mol. The van der Waals surface area contributed by atoms with Crippen LogP contribution in [0.3, 0.4) is 0 Å². The van der Waals surface area contributed by atoms with Crippen molar-refractivity contribution in [3.05, 3.63) is 15.5 Å².